The van der Waals surface area contributed by atoms with Gasteiger partial charge >= 0.3 is 6.18 Å². The van der Waals surface area contributed by atoms with Crippen molar-refractivity contribution in [2.45, 2.75) is 6.18 Å². The van der Waals surface area contributed by atoms with Gasteiger partial charge in [-0.15, -0.1) is 0 Å². The fourth-order valence-electron chi connectivity index (χ4n) is 1.24. The van der Waals surface area contributed by atoms with Gasteiger partial charge in [0.05, 0.1) is 5.56 Å². The van der Waals surface area contributed by atoms with Crippen LogP contribution in [0.25, 0.3) is 6.08 Å². The number of sulfone groups is 1. The molecule has 0 N–H and O–H groups in total. The highest BCUT2D eigenvalue weighted by atomic mass is 32.2. The third-order valence-corrected chi connectivity index (χ3v) is 3.07. The van der Waals surface area contributed by atoms with Crippen molar-refractivity contribution in [2.24, 2.45) is 0 Å². The van der Waals surface area contributed by atoms with E-state index < -0.39 is 26.5 Å². The highest BCUT2D eigenvalue weighted by Crippen LogP contribution is 2.33. The van der Waals surface area contributed by atoms with E-state index in [0.29, 0.717) is 0 Å². The Kier molecular flexibility index (Phi) is 3.82. The molecule has 0 aliphatic carbocycles. The maximum Gasteiger partial charge on any atom is 0.416 e. The van der Waals surface area contributed by atoms with Crippen LogP contribution in [-0.4, -0.2) is 14.7 Å². The van der Waals surface area contributed by atoms with Gasteiger partial charge in [-0.2, -0.15) is 18.4 Å². The zero-order valence-electron chi connectivity index (χ0n) is 9.19. The van der Waals surface area contributed by atoms with Crippen LogP contribution in [0.2, 0.25) is 0 Å². The SMILES string of the molecule is CS(=O)(=O)C(C#N)=Cc1ccccc1C(F)(F)F. The van der Waals surface area contributed by atoms with Crippen molar-refractivity contribution in [3.05, 3.63) is 40.3 Å². The van der Waals surface area contributed by atoms with Crippen molar-refractivity contribution in [1.82, 2.24) is 0 Å². The molecule has 0 saturated carbocycles. The number of nitrogens with zero attached hydrogens (tertiary/aromatic N) is 1. The summed E-state index contributed by atoms with van der Waals surface area (Å²) in [4.78, 5) is -0.709. The summed E-state index contributed by atoms with van der Waals surface area (Å²) in [5, 5.41) is 8.64. The van der Waals surface area contributed by atoms with Gasteiger partial charge in [0.15, 0.2) is 9.84 Å². The predicted molar refractivity (Wildman–Crippen MR) is 59.9 cm³/mol. The number of hydrogen-bond donors (Lipinski definition) is 0. The molecule has 0 saturated heterocycles. The van der Waals surface area contributed by atoms with Gasteiger partial charge in [-0.3, -0.25) is 0 Å². The Balaban J connectivity index is 3.46. The van der Waals surface area contributed by atoms with Crippen molar-refractivity contribution in [3.8, 4) is 6.07 Å². The molecule has 7 heteroatoms. The molecule has 1 rings (SSSR count). The molecule has 0 aromatic heterocycles. The highest BCUT2D eigenvalue weighted by molar-refractivity contribution is 7.95. The summed E-state index contributed by atoms with van der Waals surface area (Å²) in [6.07, 6.45) is -3.12. The van der Waals surface area contributed by atoms with Gasteiger partial charge in [-0.1, -0.05) is 18.2 Å². The molecule has 0 spiro atoms. The van der Waals surface area contributed by atoms with E-state index in [1.165, 1.54) is 18.2 Å². The van der Waals surface area contributed by atoms with E-state index in [2.05, 4.69) is 0 Å². The Bertz CT molecular complexity index is 624. The Morgan fingerprint density at radius 3 is 2.33 bits per heavy atom. The first-order chi connectivity index (χ1) is 8.16. The molecule has 1 aromatic carbocycles. The topological polar surface area (TPSA) is 57.9 Å². The zero-order valence-corrected chi connectivity index (χ0v) is 10.0. The van der Waals surface area contributed by atoms with Crippen molar-refractivity contribution >= 4 is 15.9 Å². The Hall–Kier alpha value is -1.81. The van der Waals surface area contributed by atoms with Gasteiger partial charge in [-0.25, -0.2) is 8.42 Å². The van der Waals surface area contributed by atoms with E-state index in [4.69, 9.17) is 5.26 Å². The summed E-state index contributed by atoms with van der Waals surface area (Å²) in [6, 6.07) is 5.82. The van der Waals surface area contributed by atoms with Crippen LogP contribution in [0.3, 0.4) is 0 Å². The number of alkyl halides is 3. The second kappa shape index (κ2) is 4.82. The number of nitriles is 1. The normalized spacial score (nSPS) is 13.2. The first kappa shape index (κ1) is 14.3. The third kappa shape index (κ3) is 3.34. The van der Waals surface area contributed by atoms with E-state index in [0.717, 1.165) is 24.5 Å². The molecule has 0 radical (unpaired) electrons. The minimum absolute atomic E-state index is 0.355. The molecular weight excluding hydrogens is 267 g/mol. The second-order valence-electron chi connectivity index (χ2n) is 3.48. The van der Waals surface area contributed by atoms with Crippen molar-refractivity contribution < 1.29 is 21.6 Å². The van der Waals surface area contributed by atoms with Crippen molar-refractivity contribution in [2.75, 3.05) is 6.26 Å². The average molecular weight is 275 g/mol. The van der Waals surface area contributed by atoms with Gasteiger partial charge in [0.2, 0.25) is 0 Å². The molecule has 0 aliphatic rings. The Morgan fingerprint density at radius 1 is 1.33 bits per heavy atom. The molecular formula is C11H8F3NO2S. The fourth-order valence-corrected chi connectivity index (χ4v) is 1.75. The Morgan fingerprint density at radius 2 is 1.89 bits per heavy atom. The average Bonchev–Trinajstić information content (AvgIpc) is 2.23. The van der Waals surface area contributed by atoms with Crippen LogP contribution in [0.15, 0.2) is 29.2 Å². The highest BCUT2D eigenvalue weighted by Gasteiger charge is 2.32. The van der Waals surface area contributed by atoms with Crippen molar-refractivity contribution in [3.63, 3.8) is 0 Å². The van der Waals surface area contributed by atoms with Crippen LogP contribution in [0, 0.1) is 11.3 Å². The molecule has 0 unspecified atom stereocenters. The number of rotatable bonds is 2. The predicted octanol–water partition coefficient (Wildman–Crippen LogP) is 2.61. The molecule has 3 nitrogen and oxygen atoms in total. The zero-order chi connectivity index (χ0) is 14.0. The summed E-state index contributed by atoms with van der Waals surface area (Å²) in [5.41, 5.74) is -1.34. The third-order valence-electron chi connectivity index (χ3n) is 2.06. The van der Waals surface area contributed by atoms with E-state index in [9.17, 15) is 21.6 Å². The van der Waals surface area contributed by atoms with E-state index in [-0.39, 0.29) is 5.56 Å². The molecule has 96 valence electrons. The summed E-state index contributed by atoms with van der Waals surface area (Å²) in [6.45, 7) is 0. The van der Waals surface area contributed by atoms with E-state index in [1.807, 2.05) is 0 Å². The molecule has 0 heterocycles. The first-order valence-electron chi connectivity index (χ1n) is 4.64. The number of allylic oxidation sites excluding steroid dienone is 1. The summed E-state index contributed by atoms with van der Waals surface area (Å²) >= 11 is 0. The molecule has 0 atom stereocenters. The molecule has 0 fully saturated rings. The number of hydrogen-bond acceptors (Lipinski definition) is 3. The second-order valence-corrected chi connectivity index (χ2v) is 5.46. The van der Waals surface area contributed by atoms with Crippen LogP contribution in [0.1, 0.15) is 11.1 Å². The fraction of sp³-hybridized carbons (Fsp3) is 0.182. The van der Waals surface area contributed by atoms with Crippen LogP contribution >= 0.6 is 0 Å². The van der Waals surface area contributed by atoms with Crippen LogP contribution < -0.4 is 0 Å². The lowest BCUT2D eigenvalue weighted by atomic mass is 10.1. The van der Waals surface area contributed by atoms with Gasteiger partial charge < -0.3 is 0 Å². The first-order valence-corrected chi connectivity index (χ1v) is 6.53. The van der Waals surface area contributed by atoms with Gasteiger partial charge in [-0.05, 0) is 17.7 Å². The maximum atomic E-state index is 12.6. The monoisotopic (exact) mass is 275 g/mol. The van der Waals surface area contributed by atoms with Crippen LogP contribution in [-0.2, 0) is 16.0 Å². The largest absolute Gasteiger partial charge is 0.416 e. The molecule has 1 aromatic rings. The molecule has 0 aliphatic heterocycles. The van der Waals surface area contributed by atoms with Crippen molar-refractivity contribution in [1.29, 1.82) is 5.26 Å². The molecule has 0 amide bonds. The smallest absolute Gasteiger partial charge is 0.223 e. The maximum absolute atomic E-state index is 12.6. The molecule has 0 bridgehead atoms. The lowest BCUT2D eigenvalue weighted by Crippen LogP contribution is -2.07. The van der Waals surface area contributed by atoms with Gasteiger partial charge in [0.25, 0.3) is 0 Å². The van der Waals surface area contributed by atoms with E-state index >= 15 is 0 Å². The minimum Gasteiger partial charge on any atom is -0.223 e. The quantitative estimate of drug-likeness (QED) is 0.779. The standard InChI is InChI=1S/C11H8F3NO2S/c1-18(16,17)9(7-15)6-8-4-2-3-5-10(8)11(12,13)14/h2-6H,1H3. The van der Waals surface area contributed by atoms with Crippen LogP contribution in [0.5, 0.6) is 0 Å². The number of halogens is 3. The molecule has 18 heavy (non-hydrogen) atoms. The van der Waals surface area contributed by atoms with Gasteiger partial charge in [0.1, 0.15) is 11.0 Å². The van der Waals surface area contributed by atoms with Gasteiger partial charge in [0, 0.05) is 6.26 Å². The van der Waals surface area contributed by atoms with E-state index in [1.54, 1.807) is 0 Å². The summed E-state index contributed by atoms with van der Waals surface area (Å²) in [7, 11) is -3.84. The lowest BCUT2D eigenvalue weighted by Gasteiger charge is -2.09. The lowest BCUT2D eigenvalue weighted by molar-refractivity contribution is -0.137. The Labute approximate surface area is 102 Å². The number of benzene rings is 1. The summed E-state index contributed by atoms with van der Waals surface area (Å²) < 4.78 is 60.2. The minimum atomic E-state index is -4.61. The van der Waals surface area contributed by atoms with Crippen LogP contribution in [0.4, 0.5) is 13.2 Å². The summed E-state index contributed by atoms with van der Waals surface area (Å²) in [5.74, 6) is 0.